The first-order chi connectivity index (χ1) is 10.8. The lowest BCUT2D eigenvalue weighted by Gasteiger charge is -2.14. The van der Waals surface area contributed by atoms with E-state index < -0.39 is 0 Å². The van der Waals surface area contributed by atoms with Crippen molar-refractivity contribution in [3.8, 4) is 5.75 Å². The van der Waals surface area contributed by atoms with Gasteiger partial charge in [0.2, 0.25) is 0 Å². The molecule has 4 heteroatoms. The maximum atomic E-state index is 9.62. The van der Waals surface area contributed by atoms with Crippen molar-refractivity contribution in [3.63, 3.8) is 0 Å². The van der Waals surface area contributed by atoms with Crippen LogP contribution in [-0.4, -0.2) is 18.8 Å². The Labute approximate surface area is 129 Å². The number of fused-ring (bicyclic) bond motifs is 1. The van der Waals surface area contributed by atoms with E-state index in [4.69, 9.17) is 9.15 Å². The Morgan fingerprint density at radius 3 is 2.59 bits per heavy atom. The van der Waals surface area contributed by atoms with Gasteiger partial charge < -0.3 is 19.6 Å². The number of furan rings is 1. The first-order valence-corrected chi connectivity index (χ1v) is 7.26. The van der Waals surface area contributed by atoms with Crippen molar-refractivity contribution in [3.05, 3.63) is 65.9 Å². The van der Waals surface area contributed by atoms with Crippen LogP contribution in [0.5, 0.6) is 5.75 Å². The Morgan fingerprint density at radius 1 is 1.14 bits per heavy atom. The topological polar surface area (TPSA) is 54.6 Å². The van der Waals surface area contributed by atoms with E-state index in [1.165, 1.54) is 0 Å². The third-order valence-electron chi connectivity index (χ3n) is 3.68. The van der Waals surface area contributed by atoms with Crippen LogP contribution in [0.15, 0.2) is 59.0 Å². The van der Waals surface area contributed by atoms with Gasteiger partial charge in [0.15, 0.2) is 0 Å². The molecule has 1 unspecified atom stereocenters. The minimum absolute atomic E-state index is 0.0179. The van der Waals surface area contributed by atoms with Crippen LogP contribution < -0.4 is 10.1 Å². The van der Waals surface area contributed by atoms with Crippen LogP contribution in [0.2, 0.25) is 0 Å². The van der Waals surface area contributed by atoms with Crippen molar-refractivity contribution in [1.82, 2.24) is 5.32 Å². The summed E-state index contributed by atoms with van der Waals surface area (Å²) in [7, 11) is 1.65. The van der Waals surface area contributed by atoms with E-state index >= 15 is 0 Å². The fourth-order valence-corrected chi connectivity index (χ4v) is 2.41. The highest BCUT2D eigenvalue weighted by molar-refractivity contribution is 5.77. The van der Waals surface area contributed by atoms with Gasteiger partial charge in [-0.05, 0) is 29.8 Å². The normalized spacial score (nSPS) is 12.5. The fourth-order valence-electron chi connectivity index (χ4n) is 2.41. The second-order valence-electron chi connectivity index (χ2n) is 5.15. The number of aliphatic hydroxyl groups is 1. The van der Waals surface area contributed by atoms with E-state index in [-0.39, 0.29) is 12.6 Å². The van der Waals surface area contributed by atoms with E-state index in [1.54, 1.807) is 7.11 Å². The van der Waals surface area contributed by atoms with Crippen molar-refractivity contribution >= 4 is 11.0 Å². The summed E-state index contributed by atoms with van der Waals surface area (Å²) in [5.74, 6) is 1.58. The van der Waals surface area contributed by atoms with E-state index in [2.05, 4.69) is 5.32 Å². The highest BCUT2D eigenvalue weighted by Crippen LogP contribution is 2.24. The van der Waals surface area contributed by atoms with Gasteiger partial charge in [-0.3, -0.25) is 0 Å². The summed E-state index contributed by atoms with van der Waals surface area (Å²) in [4.78, 5) is 0. The van der Waals surface area contributed by atoms with Gasteiger partial charge >= 0.3 is 0 Å². The smallest absolute Gasteiger partial charge is 0.134 e. The molecule has 2 aromatic carbocycles. The van der Waals surface area contributed by atoms with E-state index in [0.29, 0.717) is 6.54 Å². The molecule has 4 nitrogen and oxygen atoms in total. The van der Waals surface area contributed by atoms with Crippen LogP contribution in [-0.2, 0) is 6.54 Å². The highest BCUT2D eigenvalue weighted by Gasteiger charge is 2.15. The number of rotatable bonds is 6. The highest BCUT2D eigenvalue weighted by atomic mass is 16.5. The van der Waals surface area contributed by atoms with Gasteiger partial charge in [0, 0.05) is 11.9 Å². The standard InChI is InChI=1S/C18H19NO3/c1-21-15-8-6-13(7-9-15)11-19-16(12-20)18-10-14-4-2-3-5-17(14)22-18/h2-10,16,19-20H,11-12H2,1H3. The summed E-state index contributed by atoms with van der Waals surface area (Å²) in [6.45, 7) is 0.627. The average Bonchev–Trinajstić information content (AvgIpc) is 3.00. The van der Waals surface area contributed by atoms with Gasteiger partial charge in [-0.25, -0.2) is 0 Å². The number of benzene rings is 2. The van der Waals surface area contributed by atoms with Gasteiger partial charge in [-0.1, -0.05) is 30.3 Å². The minimum Gasteiger partial charge on any atom is -0.497 e. The number of hydrogen-bond acceptors (Lipinski definition) is 4. The molecule has 2 N–H and O–H groups in total. The Kier molecular flexibility index (Phi) is 4.42. The van der Waals surface area contributed by atoms with E-state index in [0.717, 1.165) is 28.0 Å². The van der Waals surface area contributed by atoms with Gasteiger partial charge in [-0.15, -0.1) is 0 Å². The second-order valence-corrected chi connectivity index (χ2v) is 5.15. The first kappa shape index (κ1) is 14.6. The van der Waals surface area contributed by atoms with E-state index in [9.17, 15) is 5.11 Å². The van der Waals surface area contributed by atoms with Gasteiger partial charge in [-0.2, -0.15) is 0 Å². The molecule has 0 aliphatic rings. The molecular formula is C18H19NO3. The van der Waals surface area contributed by atoms with Crippen molar-refractivity contribution in [1.29, 1.82) is 0 Å². The molecule has 1 heterocycles. The molecular weight excluding hydrogens is 278 g/mol. The van der Waals surface area contributed by atoms with Crippen molar-refractivity contribution in [2.75, 3.05) is 13.7 Å². The molecule has 1 atom stereocenters. The molecule has 22 heavy (non-hydrogen) atoms. The second kappa shape index (κ2) is 6.64. The van der Waals surface area contributed by atoms with Crippen molar-refractivity contribution in [2.24, 2.45) is 0 Å². The zero-order chi connectivity index (χ0) is 15.4. The van der Waals surface area contributed by atoms with Gasteiger partial charge in [0.05, 0.1) is 19.8 Å². The van der Waals surface area contributed by atoms with Crippen molar-refractivity contribution < 1.29 is 14.3 Å². The Balaban J connectivity index is 1.70. The molecule has 0 aliphatic heterocycles. The lowest BCUT2D eigenvalue weighted by Crippen LogP contribution is -2.23. The quantitative estimate of drug-likeness (QED) is 0.733. The molecule has 0 bridgehead atoms. The molecule has 0 fully saturated rings. The fraction of sp³-hybridized carbons (Fsp3) is 0.222. The van der Waals surface area contributed by atoms with Crippen LogP contribution in [0.4, 0.5) is 0 Å². The van der Waals surface area contributed by atoms with Gasteiger partial charge in [0.1, 0.15) is 17.1 Å². The summed E-state index contributed by atoms with van der Waals surface area (Å²) in [5.41, 5.74) is 1.96. The molecule has 1 aromatic heterocycles. The Bertz CT molecular complexity index is 700. The van der Waals surface area contributed by atoms with E-state index in [1.807, 2.05) is 54.6 Å². The zero-order valence-electron chi connectivity index (χ0n) is 12.5. The summed E-state index contributed by atoms with van der Waals surface area (Å²) in [5, 5.41) is 14.0. The summed E-state index contributed by atoms with van der Waals surface area (Å²) in [6, 6.07) is 17.4. The Hall–Kier alpha value is -2.30. The van der Waals surface area contributed by atoms with Crippen LogP contribution in [0.1, 0.15) is 17.4 Å². The SMILES string of the molecule is COc1ccc(CNC(CO)c2cc3ccccc3o2)cc1. The maximum absolute atomic E-state index is 9.62. The molecule has 0 saturated heterocycles. The third kappa shape index (κ3) is 3.13. The summed E-state index contributed by atoms with van der Waals surface area (Å²) >= 11 is 0. The number of para-hydroxylation sites is 1. The number of nitrogens with one attached hydrogen (secondary N) is 1. The average molecular weight is 297 g/mol. The monoisotopic (exact) mass is 297 g/mol. The number of ether oxygens (including phenoxy) is 1. The van der Waals surface area contributed by atoms with Crippen molar-refractivity contribution in [2.45, 2.75) is 12.6 Å². The molecule has 0 spiro atoms. The molecule has 3 rings (SSSR count). The number of methoxy groups -OCH3 is 1. The molecule has 3 aromatic rings. The minimum atomic E-state index is -0.227. The predicted octanol–water partition coefficient (Wildman–Crippen LogP) is 3.26. The molecule has 0 saturated carbocycles. The third-order valence-corrected chi connectivity index (χ3v) is 3.68. The lowest BCUT2D eigenvalue weighted by molar-refractivity contribution is 0.227. The molecule has 0 radical (unpaired) electrons. The molecule has 0 amide bonds. The lowest BCUT2D eigenvalue weighted by atomic mass is 10.1. The zero-order valence-corrected chi connectivity index (χ0v) is 12.5. The molecule has 0 aliphatic carbocycles. The predicted molar refractivity (Wildman–Crippen MR) is 85.9 cm³/mol. The number of aliphatic hydroxyl groups excluding tert-OH is 1. The van der Waals surface area contributed by atoms with Gasteiger partial charge in [0.25, 0.3) is 0 Å². The van der Waals surface area contributed by atoms with Crippen LogP contribution in [0.25, 0.3) is 11.0 Å². The van der Waals surface area contributed by atoms with Crippen LogP contribution in [0.3, 0.4) is 0 Å². The summed E-state index contributed by atoms with van der Waals surface area (Å²) < 4.78 is 10.9. The van der Waals surface area contributed by atoms with Crippen LogP contribution >= 0.6 is 0 Å². The first-order valence-electron chi connectivity index (χ1n) is 7.26. The number of hydrogen-bond donors (Lipinski definition) is 2. The maximum Gasteiger partial charge on any atom is 0.134 e. The Morgan fingerprint density at radius 2 is 1.91 bits per heavy atom. The summed E-state index contributed by atoms with van der Waals surface area (Å²) in [6.07, 6.45) is 0. The van der Waals surface area contributed by atoms with Crippen LogP contribution in [0, 0.1) is 0 Å². The molecule has 114 valence electrons. The largest absolute Gasteiger partial charge is 0.497 e.